The third-order valence-corrected chi connectivity index (χ3v) is 4.96. The van der Waals surface area contributed by atoms with E-state index in [1.54, 1.807) is 31.4 Å². The average molecular weight is 345 g/mol. The predicted molar refractivity (Wildman–Crippen MR) is 92.8 cm³/mol. The van der Waals surface area contributed by atoms with E-state index in [0.717, 1.165) is 21.2 Å². The maximum Gasteiger partial charge on any atom is 0.257 e. The Morgan fingerprint density at radius 2 is 1.96 bits per heavy atom. The van der Waals surface area contributed by atoms with Crippen LogP contribution >= 0.6 is 11.3 Å². The van der Waals surface area contributed by atoms with Crippen molar-refractivity contribution in [3.63, 3.8) is 0 Å². The predicted octanol–water partition coefficient (Wildman–Crippen LogP) is 3.00. The smallest absolute Gasteiger partial charge is 0.257 e. The first kappa shape index (κ1) is 16.3. The number of fused-ring (bicyclic) bond motifs is 1. The minimum Gasteiger partial charge on any atom is -0.504 e. The van der Waals surface area contributed by atoms with Gasteiger partial charge < -0.3 is 15.1 Å². The lowest BCUT2D eigenvalue weighted by Crippen LogP contribution is -2.27. The molecule has 1 aromatic carbocycles. The first-order valence-electron chi connectivity index (χ1n) is 7.50. The largest absolute Gasteiger partial charge is 0.504 e. The summed E-state index contributed by atoms with van der Waals surface area (Å²) in [5.74, 6) is -0.997. The Morgan fingerprint density at radius 3 is 2.67 bits per heavy atom. The number of phenols is 2. The number of nitrogens with zero attached hydrogens (tertiary/aromatic N) is 3. The zero-order chi connectivity index (χ0) is 17.6. The molecule has 0 fully saturated rings. The normalized spacial score (nSPS) is 11.2. The molecule has 3 rings (SSSR count). The standard InChI is InChI=1S/C17H19N3O3S/c1-9-5-6-12(15(22)14(9)21)16(23)19(4)8-13-11(3)18-17-20(13)7-10(2)24-17/h5-7,21-22H,8H2,1-4H3. The second-order valence-corrected chi connectivity index (χ2v) is 7.14. The lowest BCUT2D eigenvalue weighted by molar-refractivity contribution is 0.0779. The van der Waals surface area contributed by atoms with Crippen molar-refractivity contribution in [2.45, 2.75) is 27.3 Å². The average Bonchev–Trinajstić information content (AvgIpc) is 3.01. The molecule has 0 spiro atoms. The number of thiazole rings is 1. The molecule has 126 valence electrons. The van der Waals surface area contributed by atoms with Gasteiger partial charge in [-0.3, -0.25) is 9.20 Å². The zero-order valence-electron chi connectivity index (χ0n) is 14.0. The molecule has 0 radical (unpaired) electrons. The summed E-state index contributed by atoms with van der Waals surface area (Å²) in [6.45, 7) is 5.95. The number of hydrogen-bond acceptors (Lipinski definition) is 5. The SMILES string of the molecule is Cc1cn2c(CN(C)C(=O)c3ccc(C)c(O)c3O)c(C)nc2s1. The maximum atomic E-state index is 12.6. The van der Waals surface area contributed by atoms with Gasteiger partial charge >= 0.3 is 0 Å². The van der Waals surface area contributed by atoms with E-state index in [-0.39, 0.29) is 23.0 Å². The highest BCUT2D eigenvalue weighted by Crippen LogP contribution is 2.33. The molecule has 0 bridgehead atoms. The fourth-order valence-electron chi connectivity index (χ4n) is 2.65. The Balaban J connectivity index is 1.91. The second-order valence-electron chi connectivity index (χ2n) is 5.93. The molecule has 0 aliphatic rings. The van der Waals surface area contributed by atoms with Crippen molar-refractivity contribution in [1.82, 2.24) is 14.3 Å². The van der Waals surface area contributed by atoms with Gasteiger partial charge in [0.25, 0.3) is 5.91 Å². The molecular formula is C17H19N3O3S. The van der Waals surface area contributed by atoms with Crippen LogP contribution in [0, 0.1) is 20.8 Å². The van der Waals surface area contributed by atoms with Gasteiger partial charge in [0.1, 0.15) is 0 Å². The van der Waals surface area contributed by atoms with E-state index in [2.05, 4.69) is 4.98 Å². The summed E-state index contributed by atoms with van der Waals surface area (Å²) in [6, 6.07) is 3.14. The van der Waals surface area contributed by atoms with Gasteiger partial charge in [0.05, 0.1) is 23.5 Å². The van der Waals surface area contributed by atoms with Gasteiger partial charge in [-0.25, -0.2) is 4.98 Å². The van der Waals surface area contributed by atoms with Crippen LogP contribution < -0.4 is 0 Å². The zero-order valence-corrected chi connectivity index (χ0v) is 14.8. The Morgan fingerprint density at radius 1 is 1.25 bits per heavy atom. The molecule has 2 aromatic heterocycles. The summed E-state index contributed by atoms with van der Waals surface area (Å²) in [5, 5.41) is 19.9. The molecule has 0 saturated heterocycles. The highest BCUT2D eigenvalue weighted by Gasteiger charge is 2.21. The van der Waals surface area contributed by atoms with Crippen molar-refractivity contribution >= 4 is 22.2 Å². The summed E-state index contributed by atoms with van der Waals surface area (Å²) in [5.41, 5.74) is 2.41. The lowest BCUT2D eigenvalue weighted by Gasteiger charge is -2.18. The summed E-state index contributed by atoms with van der Waals surface area (Å²) in [4.78, 5) is 20.7. The van der Waals surface area contributed by atoms with Crippen molar-refractivity contribution in [1.29, 1.82) is 0 Å². The maximum absolute atomic E-state index is 12.6. The molecule has 7 heteroatoms. The number of rotatable bonds is 3. The number of aromatic nitrogens is 2. The van der Waals surface area contributed by atoms with Crippen LogP contribution in [0.25, 0.3) is 4.96 Å². The van der Waals surface area contributed by atoms with E-state index < -0.39 is 0 Å². The molecule has 3 aromatic rings. The second kappa shape index (κ2) is 5.83. The number of aryl methyl sites for hydroxylation is 3. The van der Waals surface area contributed by atoms with E-state index >= 15 is 0 Å². The molecule has 0 aliphatic carbocycles. The quantitative estimate of drug-likeness (QED) is 0.715. The molecule has 6 nitrogen and oxygen atoms in total. The van der Waals surface area contributed by atoms with E-state index in [1.165, 1.54) is 11.0 Å². The highest BCUT2D eigenvalue weighted by molar-refractivity contribution is 7.17. The molecule has 24 heavy (non-hydrogen) atoms. The van der Waals surface area contributed by atoms with Gasteiger partial charge in [0.2, 0.25) is 0 Å². The van der Waals surface area contributed by atoms with Gasteiger partial charge in [-0.2, -0.15) is 0 Å². The molecular weight excluding hydrogens is 326 g/mol. The van der Waals surface area contributed by atoms with Crippen LogP contribution in [0.4, 0.5) is 0 Å². The van der Waals surface area contributed by atoms with E-state index in [9.17, 15) is 15.0 Å². The number of amides is 1. The summed E-state index contributed by atoms with van der Waals surface area (Å²) < 4.78 is 1.99. The number of phenolic OH excluding ortho intramolecular Hbond substituents is 2. The lowest BCUT2D eigenvalue weighted by atomic mass is 10.1. The molecule has 0 unspecified atom stereocenters. The van der Waals surface area contributed by atoms with Gasteiger partial charge in [-0.1, -0.05) is 6.07 Å². The number of benzene rings is 1. The Bertz CT molecular complexity index is 942. The summed E-state index contributed by atoms with van der Waals surface area (Å²) in [6.07, 6.45) is 2.00. The van der Waals surface area contributed by atoms with Crippen LogP contribution in [0.3, 0.4) is 0 Å². The third-order valence-electron chi connectivity index (χ3n) is 4.06. The summed E-state index contributed by atoms with van der Waals surface area (Å²) >= 11 is 1.60. The number of hydrogen-bond donors (Lipinski definition) is 2. The van der Waals surface area contributed by atoms with Crippen molar-refractivity contribution in [3.05, 3.63) is 45.7 Å². The van der Waals surface area contributed by atoms with Crippen LogP contribution in [0.1, 0.15) is 32.2 Å². The fraction of sp³-hybridized carbons (Fsp3) is 0.294. The third kappa shape index (κ3) is 2.60. The van der Waals surface area contributed by atoms with Gasteiger partial charge in [0, 0.05) is 18.1 Å². The van der Waals surface area contributed by atoms with Crippen LogP contribution in [0.5, 0.6) is 11.5 Å². The topological polar surface area (TPSA) is 78.1 Å². The molecule has 1 amide bonds. The minimum absolute atomic E-state index is 0.0838. The summed E-state index contributed by atoms with van der Waals surface area (Å²) in [7, 11) is 1.66. The van der Waals surface area contributed by atoms with E-state index in [1.807, 2.05) is 24.4 Å². The van der Waals surface area contributed by atoms with Gasteiger partial charge in [0.15, 0.2) is 16.5 Å². The molecule has 0 aliphatic heterocycles. The first-order valence-corrected chi connectivity index (χ1v) is 8.32. The highest BCUT2D eigenvalue weighted by atomic mass is 32.1. The fourth-order valence-corrected chi connectivity index (χ4v) is 3.54. The number of carbonyl (C=O) groups is 1. The Hall–Kier alpha value is -2.54. The van der Waals surface area contributed by atoms with Crippen molar-refractivity contribution < 1.29 is 15.0 Å². The van der Waals surface area contributed by atoms with Crippen molar-refractivity contribution in [2.24, 2.45) is 0 Å². The Kier molecular flexibility index (Phi) is 3.96. The van der Waals surface area contributed by atoms with Crippen molar-refractivity contribution in [3.8, 4) is 11.5 Å². The molecule has 2 N–H and O–H groups in total. The van der Waals surface area contributed by atoms with Crippen LogP contribution in [-0.2, 0) is 6.54 Å². The number of aromatic hydroxyl groups is 2. The van der Waals surface area contributed by atoms with Crippen LogP contribution in [0.15, 0.2) is 18.3 Å². The first-order chi connectivity index (χ1) is 11.3. The van der Waals surface area contributed by atoms with Gasteiger partial charge in [-0.15, -0.1) is 11.3 Å². The van der Waals surface area contributed by atoms with Crippen molar-refractivity contribution in [2.75, 3.05) is 7.05 Å². The van der Waals surface area contributed by atoms with Crippen LogP contribution in [0.2, 0.25) is 0 Å². The minimum atomic E-state index is -0.381. The van der Waals surface area contributed by atoms with E-state index in [0.29, 0.717) is 12.1 Å². The monoisotopic (exact) mass is 345 g/mol. The number of imidazole rings is 1. The number of carbonyl (C=O) groups excluding carboxylic acids is 1. The molecule has 2 heterocycles. The molecule has 0 atom stereocenters. The molecule has 0 saturated carbocycles. The van der Waals surface area contributed by atoms with Gasteiger partial charge in [-0.05, 0) is 32.4 Å². The van der Waals surface area contributed by atoms with Crippen LogP contribution in [-0.4, -0.2) is 37.5 Å². The Labute approximate surface area is 143 Å². The van der Waals surface area contributed by atoms with E-state index in [4.69, 9.17) is 0 Å².